The molecule has 0 radical (unpaired) electrons. The summed E-state index contributed by atoms with van der Waals surface area (Å²) in [5, 5.41) is 2.40. The molecule has 0 bridgehead atoms. The molecule has 0 aliphatic rings. The van der Waals surface area contributed by atoms with Gasteiger partial charge >= 0.3 is 0 Å². The van der Waals surface area contributed by atoms with Gasteiger partial charge in [0.15, 0.2) is 0 Å². The fourth-order valence-electron chi connectivity index (χ4n) is 0.937. The van der Waals surface area contributed by atoms with Crippen molar-refractivity contribution in [2.75, 3.05) is 12.3 Å². The van der Waals surface area contributed by atoms with Gasteiger partial charge in [-0.25, -0.2) is 0 Å². The normalized spacial score (nSPS) is 11.3. The molecule has 2 N–H and O–H groups in total. The monoisotopic (exact) mass is 249 g/mol. The standard InChI is InChI=1S/C8H11NO4S2/c1-6-2-3-7(14-6)8(10)9-4-5-15(11,12)13/h2-3H,4-5H2,1H3,(H,9,10)(H,11,12,13). The lowest BCUT2D eigenvalue weighted by Crippen LogP contribution is -2.28. The summed E-state index contributed by atoms with van der Waals surface area (Å²) in [6, 6.07) is 3.48. The molecule has 0 fully saturated rings. The fraction of sp³-hybridized carbons (Fsp3) is 0.375. The van der Waals surface area contributed by atoms with Crippen LogP contribution in [0.1, 0.15) is 14.5 Å². The summed E-state index contributed by atoms with van der Waals surface area (Å²) in [5.41, 5.74) is 0. The highest BCUT2D eigenvalue weighted by atomic mass is 32.2. The van der Waals surface area contributed by atoms with E-state index in [2.05, 4.69) is 5.32 Å². The number of nitrogens with one attached hydrogen (secondary N) is 1. The lowest BCUT2D eigenvalue weighted by molar-refractivity contribution is 0.0960. The van der Waals surface area contributed by atoms with Gasteiger partial charge in [0.05, 0.1) is 10.6 Å². The molecular weight excluding hydrogens is 238 g/mol. The van der Waals surface area contributed by atoms with E-state index in [0.29, 0.717) is 4.88 Å². The third-order valence-electron chi connectivity index (χ3n) is 1.61. The van der Waals surface area contributed by atoms with Gasteiger partial charge in [-0.05, 0) is 19.1 Å². The minimum absolute atomic E-state index is 0.0887. The summed E-state index contributed by atoms with van der Waals surface area (Å²) in [6.45, 7) is 1.79. The van der Waals surface area contributed by atoms with Gasteiger partial charge in [-0.1, -0.05) is 0 Å². The van der Waals surface area contributed by atoms with Gasteiger partial charge in [0.2, 0.25) is 0 Å². The summed E-state index contributed by atoms with van der Waals surface area (Å²) in [7, 11) is -4.01. The first kappa shape index (κ1) is 12.2. The second kappa shape index (κ2) is 4.73. The number of rotatable bonds is 4. The minimum Gasteiger partial charge on any atom is -0.350 e. The van der Waals surface area contributed by atoms with Crippen LogP contribution < -0.4 is 5.32 Å². The van der Waals surface area contributed by atoms with E-state index < -0.39 is 15.9 Å². The van der Waals surface area contributed by atoms with Crippen molar-refractivity contribution in [1.29, 1.82) is 0 Å². The molecule has 0 aliphatic carbocycles. The zero-order valence-corrected chi connectivity index (χ0v) is 9.69. The van der Waals surface area contributed by atoms with Crippen LogP contribution in [0.3, 0.4) is 0 Å². The Morgan fingerprint density at radius 2 is 2.20 bits per heavy atom. The summed E-state index contributed by atoms with van der Waals surface area (Å²) < 4.78 is 29.1. The summed E-state index contributed by atoms with van der Waals surface area (Å²) in [5.74, 6) is -0.792. The second-order valence-corrected chi connectivity index (χ2v) is 5.81. The quantitative estimate of drug-likeness (QED) is 0.768. The molecule has 7 heteroatoms. The fourth-order valence-corrected chi connectivity index (χ4v) is 2.08. The van der Waals surface area contributed by atoms with Gasteiger partial charge in [0.25, 0.3) is 16.0 Å². The lowest BCUT2D eigenvalue weighted by atomic mass is 10.4. The van der Waals surface area contributed by atoms with Crippen molar-refractivity contribution < 1.29 is 17.8 Å². The van der Waals surface area contributed by atoms with Crippen molar-refractivity contribution in [1.82, 2.24) is 5.32 Å². The molecule has 1 aromatic rings. The Balaban J connectivity index is 2.44. The largest absolute Gasteiger partial charge is 0.350 e. The third kappa shape index (κ3) is 4.41. The smallest absolute Gasteiger partial charge is 0.266 e. The van der Waals surface area contributed by atoms with Crippen LogP contribution >= 0.6 is 11.3 Å². The van der Waals surface area contributed by atoms with Gasteiger partial charge in [0.1, 0.15) is 0 Å². The van der Waals surface area contributed by atoms with Crippen molar-refractivity contribution in [3.63, 3.8) is 0 Å². The molecule has 0 saturated heterocycles. The maximum absolute atomic E-state index is 11.4. The van der Waals surface area contributed by atoms with Gasteiger partial charge in [-0.2, -0.15) is 8.42 Å². The Bertz CT molecular complexity index is 449. The van der Waals surface area contributed by atoms with Crippen LogP contribution in [0, 0.1) is 6.92 Å². The van der Waals surface area contributed by atoms with Crippen molar-refractivity contribution in [2.24, 2.45) is 0 Å². The van der Waals surface area contributed by atoms with Crippen LogP contribution in [-0.4, -0.2) is 31.2 Å². The van der Waals surface area contributed by atoms with Crippen molar-refractivity contribution in [2.45, 2.75) is 6.92 Å². The Hall–Kier alpha value is -0.920. The topological polar surface area (TPSA) is 83.5 Å². The molecule has 1 amide bonds. The average molecular weight is 249 g/mol. The maximum Gasteiger partial charge on any atom is 0.266 e. The first-order valence-corrected chi connectivity index (χ1v) is 6.61. The summed E-state index contributed by atoms with van der Waals surface area (Å²) in [6.07, 6.45) is 0. The van der Waals surface area contributed by atoms with E-state index in [1.54, 1.807) is 6.07 Å². The third-order valence-corrected chi connectivity index (χ3v) is 3.33. The molecule has 0 spiro atoms. The van der Waals surface area contributed by atoms with E-state index >= 15 is 0 Å². The molecule has 0 atom stereocenters. The molecule has 15 heavy (non-hydrogen) atoms. The molecule has 1 aromatic heterocycles. The van der Waals surface area contributed by atoms with E-state index in [9.17, 15) is 13.2 Å². The predicted octanol–water partition coefficient (Wildman–Crippen LogP) is 0.674. The highest BCUT2D eigenvalue weighted by molar-refractivity contribution is 7.85. The van der Waals surface area contributed by atoms with Gasteiger partial charge in [-0.3, -0.25) is 9.35 Å². The molecular formula is C8H11NO4S2. The van der Waals surface area contributed by atoms with Crippen molar-refractivity contribution in [3.05, 3.63) is 21.9 Å². The van der Waals surface area contributed by atoms with Gasteiger partial charge in [0, 0.05) is 11.4 Å². The zero-order chi connectivity index (χ0) is 11.5. The van der Waals surface area contributed by atoms with Crippen molar-refractivity contribution >= 4 is 27.4 Å². The number of carbonyl (C=O) groups excluding carboxylic acids is 1. The molecule has 5 nitrogen and oxygen atoms in total. The zero-order valence-electron chi connectivity index (χ0n) is 8.06. The number of hydrogen-bond donors (Lipinski definition) is 2. The first-order valence-electron chi connectivity index (χ1n) is 4.18. The van der Waals surface area contributed by atoms with Crippen LogP contribution in [0.5, 0.6) is 0 Å². The number of hydrogen-bond acceptors (Lipinski definition) is 4. The summed E-state index contributed by atoms with van der Waals surface area (Å²) in [4.78, 5) is 12.9. The predicted molar refractivity (Wildman–Crippen MR) is 57.8 cm³/mol. The highest BCUT2D eigenvalue weighted by Gasteiger charge is 2.09. The Morgan fingerprint density at radius 3 is 2.67 bits per heavy atom. The SMILES string of the molecule is Cc1ccc(C(=O)NCCS(=O)(=O)O)s1. The van der Waals surface area contributed by atoms with E-state index in [1.165, 1.54) is 11.3 Å². The maximum atomic E-state index is 11.4. The van der Waals surface area contributed by atoms with E-state index in [0.717, 1.165) is 4.88 Å². The molecule has 0 aliphatic heterocycles. The molecule has 1 rings (SSSR count). The number of aryl methyl sites for hydroxylation is 1. The van der Waals surface area contributed by atoms with Crippen LogP contribution in [0.25, 0.3) is 0 Å². The molecule has 0 aromatic carbocycles. The Labute approximate surface area is 91.9 Å². The summed E-state index contributed by atoms with van der Waals surface area (Å²) >= 11 is 1.33. The molecule has 0 unspecified atom stereocenters. The van der Waals surface area contributed by atoms with Crippen molar-refractivity contribution in [3.8, 4) is 0 Å². The van der Waals surface area contributed by atoms with Crippen LogP contribution in [0.2, 0.25) is 0 Å². The van der Waals surface area contributed by atoms with E-state index in [-0.39, 0.29) is 12.5 Å². The average Bonchev–Trinajstić information content (AvgIpc) is 2.49. The first-order chi connectivity index (χ1) is 6.88. The molecule has 84 valence electrons. The number of amides is 1. The van der Waals surface area contributed by atoms with Crippen LogP contribution in [0.4, 0.5) is 0 Å². The van der Waals surface area contributed by atoms with Crippen LogP contribution in [-0.2, 0) is 10.1 Å². The highest BCUT2D eigenvalue weighted by Crippen LogP contribution is 2.14. The Kier molecular flexibility index (Phi) is 3.83. The van der Waals surface area contributed by atoms with Crippen LogP contribution in [0.15, 0.2) is 12.1 Å². The molecule has 1 heterocycles. The van der Waals surface area contributed by atoms with E-state index in [1.807, 2.05) is 13.0 Å². The van der Waals surface area contributed by atoms with Gasteiger partial charge < -0.3 is 5.32 Å². The minimum atomic E-state index is -4.01. The number of thiophene rings is 1. The lowest BCUT2D eigenvalue weighted by Gasteiger charge is -2.00. The Morgan fingerprint density at radius 1 is 1.53 bits per heavy atom. The number of carbonyl (C=O) groups is 1. The van der Waals surface area contributed by atoms with E-state index in [4.69, 9.17) is 4.55 Å². The molecule has 0 saturated carbocycles. The second-order valence-electron chi connectivity index (χ2n) is 2.95. The van der Waals surface area contributed by atoms with Gasteiger partial charge in [-0.15, -0.1) is 11.3 Å².